The quantitative estimate of drug-likeness (QED) is 0.433. The molecular formula is C14H27NO2. The highest BCUT2D eigenvalue weighted by Crippen LogP contribution is 2.17. The number of ether oxygens (including phenoxy) is 2. The number of hydrogen-bond donors (Lipinski definition) is 0. The molecule has 0 amide bonds. The Bertz CT molecular complexity index is 197. The zero-order chi connectivity index (χ0) is 12.3. The molecule has 0 saturated carbocycles. The molecule has 1 atom stereocenters. The maximum atomic E-state index is 5.52. The molecule has 1 aliphatic rings. The lowest BCUT2D eigenvalue weighted by atomic mass is 10.2. The van der Waals surface area contributed by atoms with Crippen molar-refractivity contribution in [1.29, 1.82) is 0 Å². The topological polar surface area (TPSA) is 21.7 Å². The summed E-state index contributed by atoms with van der Waals surface area (Å²) in [6.45, 7) is 11.5. The van der Waals surface area contributed by atoms with Gasteiger partial charge in [0.05, 0.1) is 6.61 Å². The lowest BCUT2D eigenvalue weighted by Gasteiger charge is -2.24. The fraction of sp³-hybridized carbons (Fsp3) is 0.857. The minimum Gasteiger partial charge on any atom is -0.381 e. The molecular weight excluding hydrogens is 214 g/mol. The van der Waals surface area contributed by atoms with Crippen LogP contribution in [0.25, 0.3) is 0 Å². The fourth-order valence-corrected chi connectivity index (χ4v) is 2.27. The summed E-state index contributed by atoms with van der Waals surface area (Å²) >= 11 is 0. The maximum Gasteiger partial charge on any atom is 0.0621 e. The third kappa shape index (κ3) is 6.20. The Morgan fingerprint density at radius 1 is 1.35 bits per heavy atom. The van der Waals surface area contributed by atoms with Gasteiger partial charge in [-0.2, -0.15) is 0 Å². The van der Waals surface area contributed by atoms with E-state index in [1.807, 2.05) is 6.08 Å². The average molecular weight is 241 g/mol. The van der Waals surface area contributed by atoms with Gasteiger partial charge in [0, 0.05) is 32.4 Å². The van der Waals surface area contributed by atoms with E-state index in [9.17, 15) is 0 Å². The van der Waals surface area contributed by atoms with Crippen molar-refractivity contribution in [3.8, 4) is 0 Å². The normalized spacial score (nSPS) is 20.9. The number of hydrogen-bond acceptors (Lipinski definition) is 3. The van der Waals surface area contributed by atoms with Crippen LogP contribution in [0, 0.1) is 0 Å². The predicted molar refractivity (Wildman–Crippen MR) is 71.3 cm³/mol. The largest absolute Gasteiger partial charge is 0.381 e. The molecule has 0 aliphatic carbocycles. The zero-order valence-electron chi connectivity index (χ0n) is 11.2. The molecule has 0 spiro atoms. The second-order valence-electron chi connectivity index (χ2n) is 4.53. The van der Waals surface area contributed by atoms with Crippen molar-refractivity contribution in [3.63, 3.8) is 0 Å². The van der Waals surface area contributed by atoms with Crippen LogP contribution >= 0.6 is 0 Å². The molecule has 0 N–H and O–H groups in total. The van der Waals surface area contributed by atoms with Gasteiger partial charge in [-0.05, 0) is 39.2 Å². The number of rotatable bonds is 10. The summed E-state index contributed by atoms with van der Waals surface area (Å²) in [5.41, 5.74) is 0. The first kappa shape index (κ1) is 14.7. The third-order valence-electron chi connectivity index (χ3n) is 3.21. The highest BCUT2D eigenvalue weighted by molar-refractivity contribution is 4.78. The second kappa shape index (κ2) is 9.63. The Morgan fingerprint density at radius 2 is 2.24 bits per heavy atom. The first-order valence-electron chi connectivity index (χ1n) is 6.89. The average Bonchev–Trinajstić information content (AvgIpc) is 2.78. The van der Waals surface area contributed by atoms with E-state index < -0.39 is 0 Å². The van der Waals surface area contributed by atoms with Crippen molar-refractivity contribution >= 4 is 0 Å². The van der Waals surface area contributed by atoms with Gasteiger partial charge in [0.1, 0.15) is 0 Å². The van der Waals surface area contributed by atoms with Gasteiger partial charge in [-0.1, -0.05) is 6.08 Å². The summed E-state index contributed by atoms with van der Waals surface area (Å²) < 4.78 is 11.0. The van der Waals surface area contributed by atoms with Crippen molar-refractivity contribution in [3.05, 3.63) is 12.7 Å². The van der Waals surface area contributed by atoms with Gasteiger partial charge >= 0.3 is 0 Å². The van der Waals surface area contributed by atoms with E-state index in [4.69, 9.17) is 9.47 Å². The molecule has 1 saturated heterocycles. The molecule has 0 unspecified atom stereocenters. The van der Waals surface area contributed by atoms with E-state index in [0.717, 1.165) is 45.8 Å². The van der Waals surface area contributed by atoms with E-state index in [0.29, 0.717) is 6.04 Å². The molecule has 3 nitrogen and oxygen atoms in total. The van der Waals surface area contributed by atoms with Gasteiger partial charge in [-0.15, -0.1) is 6.58 Å². The first-order chi connectivity index (χ1) is 8.38. The van der Waals surface area contributed by atoms with Gasteiger partial charge in [0.25, 0.3) is 0 Å². The highest BCUT2D eigenvalue weighted by Gasteiger charge is 2.23. The molecule has 0 radical (unpaired) electrons. The van der Waals surface area contributed by atoms with E-state index in [2.05, 4.69) is 18.4 Å². The Kier molecular flexibility index (Phi) is 8.32. The summed E-state index contributed by atoms with van der Waals surface area (Å²) in [5.74, 6) is 0. The molecule has 1 fully saturated rings. The highest BCUT2D eigenvalue weighted by atomic mass is 16.5. The van der Waals surface area contributed by atoms with Crippen molar-refractivity contribution < 1.29 is 9.47 Å². The molecule has 3 heteroatoms. The summed E-state index contributed by atoms with van der Waals surface area (Å²) in [4.78, 5) is 2.55. The van der Waals surface area contributed by atoms with Gasteiger partial charge in [0.2, 0.25) is 0 Å². The van der Waals surface area contributed by atoms with Crippen LogP contribution in [0.3, 0.4) is 0 Å². The molecule has 100 valence electrons. The Morgan fingerprint density at radius 3 is 3.00 bits per heavy atom. The van der Waals surface area contributed by atoms with Crippen LogP contribution in [-0.4, -0.2) is 50.5 Å². The standard InChI is InChI=1S/C14H27NO2/c1-3-5-11-17-12-7-10-15-9-6-8-14(15)13-16-4-2/h3,14H,1,4-13H2,2H3/t14-/m0/s1. The zero-order valence-corrected chi connectivity index (χ0v) is 11.2. The van der Waals surface area contributed by atoms with Crippen LogP contribution in [0.1, 0.15) is 32.6 Å². The minimum absolute atomic E-state index is 0.642. The lowest BCUT2D eigenvalue weighted by molar-refractivity contribution is 0.0760. The van der Waals surface area contributed by atoms with Gasteiger partial charge in [0.15, 0.2) is 0 Å². The van der Waals surface area contributed by atoms with Crippen LogP contribution in [0.5, 0.6) is 0 Å². The van der Waals surface area contributed by atoms with Crippen LogP contribution in [0.4, 0.5) is 0 Å². The summed E-state index contributed by atoms with van der Waals surface area (Å²) in [7, 11) is 0. The van der Waals surface area contributed by atoms with Crippen LogP contribution in [0.2, 0.25) is 0 Å². The molecule has 17 heavy (non-hydrogen) atoms. The van der Waals surface area contributed by atoms with Gasteiger partial charge in [-0.25, -0.2) is 0 Å². The summed E-state index contributed by atoms with van der Waals surface area (Å²) in [5, 5.41) is 0. The smallest absolute Gasteiger partial charge is 0.0621 e. The Balaban J connectivity index is 2.02. The lowest BCUT2D eigenvalue weighted by Crippen LogP contribution is -2.34. The first-order valence-corrected chi connectivity index (χ1v) is 6.89. The molecule has 0 aromatic carbocycles. The van der Waals surface area contributed by atoms with Crippen molar-refractivity contribution in [2.75, 3.05) is 39.5 Å². The maximum absolute atomic E-state index is 5.52. The van der Waals surface area contributed by atoms with E-state index in [1.54, 1.807) is 0 Å². The van der Waals surface area contributed by atoms with Crippen LogP contribution in [0.15, 0.2) is 12.7 Å². The molecule has 1 aliphatic heterocycles. The van der Waals surface area contributed by atoms with Crippen molar-refractivity contribution in [1.82, 2.24) is 4.90 Å². The monoisotopic (exact) mass is 241 g/mol. The van der Waals surface area contributed by atoms with Crippen LogP contribution < -0.4 is 0 Å². The minimum atomic E-state index is 0.642. The molecule has 0 bridgehead atoms. The van der Waals surface area contributed by atoms with Gasteiger partial charge in [-0.3, -0.25) is 4.90 Å². The predicted octanol–water partition coefficient (Wildman–Crippen LogP) is 2.47. The summed E-state index contributed by atoms with van der Waals surface area (Å²) in [6, 6.07) is 0.642. The third-order valence-corrected chi connectivity index (χ3v) is 3.21. The van der Waals surface area contributed by atoms with E-state index >= 15 is 0 Å². The van der Waals surface area contributed by atoms with Crippen molar-refractivity contribution in [2.45, 2.75) is 38.6 Å². The van der Waals surface area contributed by atoms with E-state index in [-0.39, 0.29) is 0 Å². The summed E-state index contributed by atoms with van der Waals surface area (Å²) in [6.07, 6.45) is 6.58. The molecule has 0 aromatic heterocycles. The Labute approximate surface area is 106 Å². The Hall–Kier alpha value is -0.380. The van der Waals surface area contributed by atoms with Crippen molar-refractivity contribution in [2.24, 2.45) is 0 Å². The van der Waals surface area contributed by atoms with E-state index in [1.165, 1.54) is 19.4 Å². The number of likely N-dealkylation sites (tertiary alicyclic amines) is 1. The molecule has 1 rings (SSSR count). The van der Waals surface area contributed by atoms with Gasteiger partial charge < -0.3 is 9.47 Å². The second-order valence-corrected chi connectivity index (χ2v) is 4.53. The molecule has 1 heterocycles. The van der Waals surface area contributed by atoms with Crippen LogP contribution in [-0.2, 0) is 9.47 Å². The molecule has 0 aromatic rings. The number of nitrogens with zero attached hydrogens (tertiary/aromatic N) is 1. The SMILES string of the molecule is C=CCCOCCCN1CCC[C@H]1COCC. The fourth-order valence-electron chi connectivity index (χ4n) is 2.27.